The second-order valence-corrected chi connectivity index (χ2v) is 6.88. The lowest BCUT2D eigenvalue weighted by Crippen LogP contribution is -2.59. The van der Waals surface area contributed by atoms with Gasteiger partial charge in [0.2, 0.25) is 0 Å². The summed E-state index contributed by atoms with van der Waals surface area (Å²) in [6.07, 6.45) is 6.94. The van der Waals surface area contributed by atoms with Crippen molar-refractivity contribution in [1.29, 1.82) is 0 Å². The van der Waals surface area contributed by atoms with Gasteiger partial charge < -0.3 is 4.90 Å². The van der Waals surface area contributed by atoms with Crippen molar-refractivity contribution in [3.8, 4) is 0 Å². The van der Waals surface area contributed by atoms with Crippen LogP contribution in [0, 0.1) is 12.8 Å². The number of rotatable bonds is 0. The smallest absolute Gasteiger partial charge is 0.0394 e. The summed E-state index contributed by atoms with van der Waals surface area (Å²) in [5, 5.41) is 0. The minimum absolute atomic E-state index is 0.205. The van der Waals surface area contributed by atoms with Gasteiger partial charge in [0, 0.05) is 15.6 Å². The lowest BCUT2D eigenvalue weighted by Gasteiger charge is -2.58. The van der Waals surface area contributed by atoms with Crippen LogP contribution in [0.5, 0.6) is 0 Å². The predicted octanol–water partition coefficient (Wildman–Crippen LogP) is 3.68. The van der Waals surface area contributed by atoms with E-state index in [4.69, 9.17) is 4.11 Å². The van der Waals surface area contributed by atoms with Crippen LogP contribution < -0.4 is 0 Å². The average Bonchev–Trinajstić information content (AvgIpc) is 2.47. The van der Waals surface area contributed by atoms with E-state index in [1.807, 2.05) is 4.90 Å². The summed E-state index contributed by atoms with van der Waals surface area (Å²) in [7, 11) is 0. The molecule has 0 spiro atoms. The molecule has 2 aliphatic carbocycles. The standard InChI is InChI=1S/C18H25N/c1-13-6-7-14-12-17-15-5-3-4-8-18(15,16(14)11-13)9-10-19(17)2/h6-7,11,15,17H,3-5,8-10,12H2,1-2H3/t15-,17-,18-/m1/s1/i2D3. The molecule has 0 amide bonds. The molecule has 102 valence electrons. The number of likely N-dealkylation sites (N-methyl/N-ethyl adjacent to an activating group) is 1. The Hall–Kier alpha value is -0.820. The summed E-state index contributed by atoms with van der Waals surface area (Å²) in [5.41, 5.74) is 4.56. The van der Waals surface area contributed by atoms with Crippen molar-refractivity contribution in [2.75, 3.05) is 13.5 Å². The Balaban J connectivity index is 1.85. The van der Waals surface area contributed by atoms with Crippen LogP contribution in [0.4, 0.5) is 0 Å². The molecule has 0 unspecified atom stereocenters. The van der Waals surface area contributed by atoms with Gasteiger partial charge >= 0.3 is 0 Å². The second kappa shape index (κ2) is 4.09. The van der Waals surface area contributed by atoms with Crippen molar-refractivity contribution >= 4 is 0 Å². The molecule has 3 aliphatic rings. The summed E-state index contributed by atoms with van der Waals surface area (Å²) >= 11 is 0. The largest absolute Gasteiger partial charge is 0.303 e. The van der Waals surface area contributed by atoms with Crippen molar-refractivity contribution in [1.82, 2.24) is 4.90 Å². The molecule has 1 heterocycles. The molecule has 0 aromatic heterocycles. The van der Waals surface area contributed by atoms with Crippen LogP contribution in [-0.2, 0) is 11.8 Å². The van der Waals surface area contributed by atoms with Gasteiger partial charge in [0.1, 0.15) is 0 Å². The Bertz CT molecular complexity index is 594. The van der Waals surface area contributed by atoms with E-state index in [0.717, 1.165) is 19.4 Å². The van der Waals surface area contributed by atoms with Crippen LogP contribution in [0.25, 0.3) is 0 Å². The van der Waals surface area contributed by atoms with Gasteiger partial charge in [-0.2, -0.15) is 0 Å². The van der Waals surface area contributed by atoms with Gasteiger partial charge in [0.15, 0.2) is 0 Å². The van der Waals surface area contributed by atoms with E-state index in [-0.39, 0.29) is 11.5 Å². The molecule has 1 aromatic carbocycles. The first kappa shape index (κ1) is 9.18. The number of likely N-dealkylation sites (tertiary alicyclic amines) is 1. The summed E-state index contributed by atoms with van der Waals surface area (Å²) in [6, 6.07) is 7.05. The fraction of sp³-hybridized carbons (Fsp3) is 0.667. The second-order valence-electron chi connectivity index (χ2n) is 6.88. The number of fused-ring (bicyclic) bond motifs is 1. The van der Waals surface area contributed by atoms with E-state index in [2.05, 4.69) is 25.1 Å². The highest BCUT2D eigenvalue weighted by Crippen LogP contribution is 2.55. The third kappa shape index (κ3) is 1.57. The molecule has 1 saturated heterocycles. The van der Waals surface area contributed by atoms with Gasteiger partial charge in [-0.1, -0.05) is 36.6 Å². The molecule has 19 heavy (non-hydrogen) atoms. The maximum Gasteiger partial charge on any atom is 0.0394 e. The van der Waals surface area contributed by atoms with Gasteiger partial charge in [-0.05, 0) is 63.2 Å². The lowest BCUT2D eigenvalue weighted by molar-refractivity contribution is 0.00283. The molecule has 0 N–H and O–H groups in total. The van der Waals surface area contributed by atoms with Gasteiger partial charge in [-0.15, -0.1) is 0 Å². The SMILES string of the molecule is [2H]C([2H])([2H])N1CC[C@]23CCCC[C@@H]2[C@H]1Cc1ccc(C)cc13. The van der Waals surface area contributed by atoms with Crippen molar-refractivity contribution in [2.24, 2.45) is 5.92 Å². The van der Waals surface area contributed by atoms with Gasteiger partial charge in [0.05, 0.1) is 0 Å². The van der Waals surface area contributed by atoms with E-state index in [1.165, 1.54) is 36.8 Å². The number of aryl methyl sites for hydroxylation is 1. The van der Waals surface area contributed by atoms with Gasteiger partial charge in [0.25, 0.3) is 0 Å². The molecular weight excluding hydrogens is 230 g/mol. The van der Waals surface area contributed by atoms with Crippen molar-refractivity contribution < 1.29 is 4.11 Å². The van der Waals surface area contributed by atoms with Crippen LogP contribution >= 0.6 is 0 Å². The summed E-state index contributed by atoms with van der Waals surface area (Å²) in [6.45, 7) is 0.958. The first-order valence-corrected chi connectivity index (χ1v) is 7.79. The van der Waals surface area contributed by atoms with Crippen molar-refractivity contribution in [3.63, 3.8) is 0 Å². The Labute approximate surface area is 121 Å². The zero-order valence-electron chi connectivity index (χ0n) is 14.8. The van der Waals surface area contributed by atoms with E-state index in [1.54, 1.807) is 5.56 Å². The molecule has 2 fully saturated rings. The van der Waals surface area contributed by atoms with Crippen molar-refractivity contribution in [2.45, 2.75) is 56.9 Å². The molecule has 0 radical (unpaired) electrons. The van der Waals surface area contributed by atoms with Crippen LogP contribution in [0.1, 0.15) is 52.9 Å². The molecule has 4 rings (SSSR count). The lowest BCUT2D eigenvalue weighted by atomic mass is 9.52. The molecule has 3 atom stereocenters. The molecule has 1 heteroatoms. The highest BCUT2D eigenvalue weighted by molar-refractivity contribution is 5.43. The number of benzene rings is 1. The minimum atomic E-state index is -1.95. The molecular formula is C18H25N. The highest BCUT2D eigenvalue weighted by atomic mass is 15.1. The Morgan fingerprint density at radius 1 is 1.32 bits per heavy atom. The fourth-order valence-electron chi connectivity index (χ4n) is 5.12. The number of nitrogens with zero attached hydrogens (tertiary/aromatic N) is 1. The number of piperidine rings is 1. The first-order chi connectivity index (χ1) is 10.4. The Morgan fingerprint density at radius 2 is 2.26 bits per heavy atom. The molecule has 1 nitrogen and oxygen atoms in total. The summed E-state index contributed by atoms with van der Waals surface area (Å²) in [4.78, 5) is 1.84. The van der Waals surface area contributed by atoms with E-state index in [9.17, 15) is 0 Å². The van der Waals surface area contributed by atoms with E-state index < -0.39 is 6.98 Å². The Kier molecular flexibility index (Phi) is 1.97. The number of hydrogen-bond donors (Lipinski definition) is 0. The van der Waals surface area contributed by atoms with Crippen molar-refractivity contribution in [3.05, 3.63) is 34.9 Å². The van der Waals surface area contributed by atoms with Crippen LogP contribution in [0.2, 0.25) is 0 Å². The van der Waals surface area contributed by atoms with Crippen LogP contribution in [0.3, 0.4) is 0 Å². The summed E-state index contributed by atoms with van der Waals surface area (Å²) in [5.74, 6) is 0.532. The van der Waals surface area contributed by atoms with E-state index >= 15 is 0 Å². The average molecular weight is 258 g/mol. The molecule has 1 saturated carbocycles. The van der Waals surface area contributed by atoms with Gasteiger partial charge in [-0.3, -0.25) is 0 Å². The normalized spacial score (nSPS) is 40.6. The summed E-state index contributed by atoms with van der Waals surface area (Å²) < 4.78 is 23.8. The maximum atomic E-state index is 7.93. The fourth-order valence-corrected chi connectivity index (χ4v) is 5.12. The minimum Gasteiger partial charge on any atom is -0.303 e. The molecule has 2 bridgehead atoms. The number of hydrogen-bond acceptors (Lipinski definition) is 1. The zero-order chi connectivity index (χ0) is 15.5. The third-order valence-corrected chi connectivity index (χ3v) is 5.99. The Morgan fingerprint density at radius 3 is 3.16 bits per heavy atom. The maximum absolute atomic E-state index is 7.93. The third-order valence-electron chi connectivity index (χ3n) is 5.99. The molecule has 1 aliphatic heterocycles. The highest BCUT2D eigenvalue weighted by Gasteiger charge is 2.52. The van der Waals surface area contributed by atoms with Crippen LogP contribution in [0.15, 0.2) is 18.2 Å². The van der Waals surface area contributed by atoms with Crippen LogP contribution in [-0.4, -0.2) is 24.5 Å². The zero-order valence-corrected chi connectivity index (χ0v) is 11.8. The van der Waals surface area contributed by atoms with Gasteiger partial charge in [-0.25, -0.2) is 0 Å². The quantitative estimate of drug-likeness (QED) is 0.686. The van der Waals surface area contributed by atoms with E-state index in [0.29, 0.717) is 5.92 Å². The monoisotopic (exact) mass is 258 g/mol. The predicted molar refractivity (Wildman–Crippen MR) is 79.6 cm³/mol. The first-order valence-electron chi connectivity index (χ1n) is 9.29. The molecule has 1 aromatic rings. The topological polar surface area (TPSA) is 3.24 Å².